The summed E-state index contributed by atoms with van der Waals surface area (Å²) in [5.41, 5.74) is -0.315. The van der Waals surface area contributed by atoms with E-state index < -0.39 is 5.60 Å². The van der Waals surface area contributed by atoms with Crippen molar-refractivity contribution < 1.29 is 5.11 Å². The summed E-state index contributed by atoms with van der Waals surface area (Å²) >= 11 is 0. The molecule has 72 valence electrons. The standard InChI is InChI=1S/C11H22O/c1-9(2)11(10(3,4)12)7-5-6-8-11/h9,12H,5-8H2,1-4H3. The Morgan fingerprint density at radius 1 is 1.17 bits per heavy atom. The van der Waals surface area contributed by atoms with Gasteiger partial charge in [0.2, 0.25) is 0 Å². The maximum atomic E-state index is 10.1. The van der Waals surface area contributed by atoms with Crippen molar-refractivity contribution in [2.24, 2.45) is 11.3 Å². The van der Waals surface area contributed by atoms with Gasteiger partial charge >= 0.3 is 0 Å². The van der Waals surface area contributed by atoms with Gasteiger partial charge in [0.15, 0.2) is 0 Å². The molecule has 0 bridgehead atoms. The van der Waals surface area contributed by atoms with Crippen LogP contribution in [-0.2, 0) is 0 Å². The largest absolute Gasteiger partial charge is 0.390 e. The summed E-state index contributed by atoms with van der Waals surface area (Å²) in [6, 6.07) is 0. The second-order valence-corrected chi connectivity index (χ2v) is 5.08. The maximum absolute atomic E-state index is 10.1. The molecule has 1 nitrogen and oxygen atoms in total. The van der Waals surface area contributed by atoms with Gasteiger partial charge in [0, 0.05) is 5.41 Å². The lowest BCUT2D eigenvalue weighted by Gasteiger charge is -2.44. The van der Waals surface area contributed by atoms with Gasteiger partial charge in [-0.2, -0.15) is 0 Å². The Labute approximate surface area is 76.2 Å². The highest BCUT2D eigenvalue weighted by atomic mass is 16.3. The molecule has 0 aliphatic heterocycles. The predicted molar refractivity (Wildman–Crippen MR) is 52.0 cm³/mol. The van der Waals surface area contributed by atoms with Crippen LogP contribution in [0.3, 0.4) is 0 Å². The van der Waals surface area contributed by atoms with Gasteiger partial charge in [-0.1, -0.05) is 26.7 Å². The van der Waals surface area contributed by atoms with Crippen LogP contribution >= 0.6 is 0 Å². The Morgan fingerprint density at radius 2 is 1.58 bits per heavy atom. The van der Waals surface area contributed by atoms with E-state index in [0.717, 1.165) is 0 Å². The molecule has 1 heteroatoms. The molecule has 0 spiro atoms. The molecule has 1 fully saturated rings. The van der Waals surface area contributed by atoms with Crippen molar-refractivity contribution in [1.29, 1.82) is 0 Å². The topological polar surface area (TPSA) is 20.2 Å². The smallest absolute Gasteiger partial charge is 0.0650 e. The third-order valence-corrected chi connectivity index (χ3v) is 3.82. The molecule has 0 saturated heterocycles. The fraction of sp³-hybridized carbons (Fsp3) is 1.00. The van der Waals surface area contributed by atoms with Gasteiger partial charge in [0.1, 0.15) is 0 Å². The van der Waals surface area contributed by atoms with Gasteiger partial charge in [-0.3, -0.25) is 0 Å². The quantitative estimate of drug-likeness (QED) is 0.675. The van der Waals surface area contributed by atoms with Gasteiger partial charge < -0.3 is 5.11 Å². The van der Waals surface area contributed by atoms with Gasteiger partial charge in [0.05, 0.1) is 5.60 Å². The summed E-state index contributed by atoms with van der Waals surface area (Å²) in [5.74, 6) is 0.597. The van der Waals surface area contributed by atoms with E-state index in [1.54, 1.807) is 0 Å². The van der Waals surface area contributed by atoms with E-state index in [-0.39, 0.29) is 5.41 Å². The van der Waals surface area contributed by atoms with Gasteiger partial charge in [-0.05, 0) is 32.6 Å². The molecular formula is C11H22O. The van der Waals surface area contributed by atoms with Crippen molar-refractivity contribution in [3.05, 3.63) is 0 Å². The van der Waals surface area contributed by atoms with Gasteiger partial charge in [-0.25, -0.2) is 0 Å². The maximum Gasteiger partial charge on any atom is 0.0650 e. The molecule has 1 saturated carbocycles. The summed E-state index contributed by atoms with van der Waals surface area (Å²) in [4.78, 5) is 0. The Hall–Kier alpha value is -0.0400. The van der Waals surface area contributed by atoms with Crippen molar-refractivity contribution >= 4 is 0 Å². The van der Waals surface area contributed by atoms with Crippen molar-refractivity contribution in [2.45, 2.75) is 59.0 Å². The summed E-state index contributed by atoms with van der Waals surface area (Å²) < 4.78 is 0. The van der Waals surface area contributed by atoms with E-state index in [0.29, 0.717) is 5.92 Å². The van der Waals surface area contributed by atoms with E-state index in [1.807, 2.05) is 13.8 Å². The zero-order valence-electron chi connectivity index (χ0n) is 8.85. The normalized spacial score (nSPS) is 23.5. The zero-order valence-corrected chi connectivity index (χ0v) is 8.85. The van der Waals surface area contributed by atoms with E-state index in [1.165, 1.54) is 25.7 Å². The highest BCUT2D eigenvalue weighted by molar-refractivity contribution is 4.98. The lowest BCUT2D eigenvalue weighted by Crippen LogP contribution is -2.45. The average Bonchev–Trinajstić information content (AvgIpc) is 2.31. The highest BCUT2D eigenvalue weighted by Crippen LogP contribution is 2.51. The van der Waals surface area contributed by atoms with E-state index >= 15 is 0 Å². The highest BCUT2D eigenvalue weighted by Gasteiger charge is 2.47. The van der Waals surface area contributed by atoms with Crippen LogP contribution < -0.4 is 0 Å². The van der Waals surface area contributed by atoms with E-state index in [4.69, 9.17) is 0 Å². The minimum Gasteiger partial charge on any atom is -0.390 e. The molecule has 12 heavy (non-hydrogen) atoms. The SMILES string of the molecule is CC(C)C1(C(C)(C)O)CCCC1. The van der Waals surface area contributed by atoms with E-state index in [9.17, 15) is 5.11 Å². The van der Waals surface area contributed by atoms with Crippen LogP contribution in [0.5, 0.6) is 0 Å². The van der Waals surface area contributed by atoms with Crippen molar-refractivity contribution in [1.82, 2.24) is 0 Å². The second-order valence-electron chi connectivity index (χ2n) is 5.08. The molecule has 0 unspecified atom stereocenters. The Kier molecular flexibility index (Phi) is 2.53. The second kappa shape index (κ2) is 3.02. The minimum atomic E-state index is -0.502. The van der Waals surface area contributed by atoms with Crippen LogP contribution in [-0.4, -0.2) is 10.7 Å². The summed E-state index contributed by atoms with van der Waals surface area (Å²) in [6.07, 6.45) is 4.99. The molecule has 0 aromatic rings. The summed E-state index contributed by atoms with van der Waals surface area (Å²) in [6.45, 7) is 8.42. The van der Waals surface area contributed by atoms with Gasteiger partial charge in [0.25, 0.3) is 0 Å². The first kappa shape index (κ1) is 10.0. The van der Waals surface area contributed by atoms with Crippen molar-refractivity contribution in [3.63, 3.8) is 0 Å². The lowest BCUT2D eigenvalue weighted by molar-refractivity contribution is -0.0797. The molecular weight excluding hydrogens is 148 g/mol. The molecule has 0 aromatic heterocycles. The predicted octanol–water partition coefficient (Wildman–Crippen LogP) is 2.97. The number of aliphatic hydroxyl groups is 1. The van der Waals surface area contributed by atoms with Crippen LogP contribution in [0.25, 0.3) is 0 Å². The molecule has 0 atom stereocenters. The first-order valence-corrected chi connectivity index (χ1v) is 5.12. The molecule has 0 amide bonds. The molecule has 1 N–H and O–H groups in total. The monoisotopic (exact) mass is 170 g/mol. The Balaban J connectivity index is 2.87. The third-order valence-electron chi connectivity index (χ3n) is 3.82. The zero-order chi connectivity index (χ0) is 9.41. The van der Waals surface area contributed by atoms with Crippen LogP contribution in [0.4, 0.5) is 0 Å². The Bertz CT molecular complexity index is 147. The van der Waals surface area contributed by atoms with Gasteiger partial charge in [-0.15, -0.1) is 0 Å². The number of rotatable bonds is 2. The third kappa shape index (κ3) is 1.39. The van der Waals surface area contributed by atoms with Crippen LogP contribution in [0, 0.1) is 11.3 Å². The molecule has 0 radical (unpaired) electrons. The van der Waals surface area contributed by atoms with Crippen LogP contribution in [0.2, 0.25) is 0 Å². The number of hydrogen-bond donors (Lipinski definition) is 1. The van der Waals surface area contributed by atoms with Crippen LogP contribution in [0.15, 0.2) is 0 Å². The first-order chi connectivity index (χ1) is 5.40. The first-order valence-electron chi connectivity index (χ1n) is 5.12. The minimum absolute atomic E-state index is 0.188. The lowest BCUT2D eigenvalue weighted by atomic mass is 9.65. The van der Waals surface area contributed by atoms with Crippen molar-refractivity contribution in [2.75, 3.05) is 0 Å². The average molecular weight is 170 g/mol. The molecule has 1 rings (SSSR count). The van der Waals surface area contributed by atoms with Crippen LogP contribution in [0.1, 0.15) is 53.4 Å². The summed E-state index contributed by atoms with van der Waals surface area (Å²) in [7, 11) is 0. The Morgan fingerprint density at radius 3 is 1.75 bits per heavy atom. The number of hydrogen-bond acceptors (Lipinski definition) is 1. The molecule has 1 aliphatic carbocycles. The molecule has 0 aromatic carbocycles. The van der Waals surface area contributed by atoms with E-state index in [2.05, 4.69) is 13.8 Å². The fourth-order valence-corrected chi connectivity index (χ4v) is 2.90. The summed E-state index contributed by atoms with van der Waals surface area (Å²) in [5, 5.41) is 10.1. The van der Waals surface area contributed by atoms with Crippen molar-refractivity contribution in [3.8, 4) is 0 Å². The fourth-order valence-electron chi connectivity index (χ4n) is 2.90. The molecule has 0 heterocycles. The molecule has 1 aliphatic rings.